The van der Waals surface area contributed by atoms with E-state index in [9.17, 15) is 0 Å². The van der Waals surface area contributed by atoms with Gasteiger partial charge in [0.1, 0.15) is 5.03 Å². The molecule has 1 aliphatic heterocycles. The fourth-order valence-corrected chi connectivity index (χ4v) is 3.04. The topological polar surface area (TPSA) is 37.8 Å². The molecule has 1 fully saturated rings. The van der Waals surface area contributed by atoms with Crippen LogP contribution in [0.3, 0.4) is 0 Å². The van der Waals surface area contributed by atoms with Gasteiger partial charge < -0.3 is 5.32 Å². The molecule has 2 aromatic rings. The summed E-state index contributed by atoms with van der Waals surface area (Å²) in [4.78, 5) is 9.03. The van der Waals surface area contributed by atoms with E-state index in [1.165, 1.54) is 12.8 Å². The third-order valence-electron chi connectivity index (χ3n) is 3.02. The number of thioether (sulfide) groups is 1. The lowest BCUT2D eigenvalue weighted by Crippen LogP contribution is -2.23. The van der Waals surface area contributed by atoms with Gasteiger partial charge in [-0.05, 0) is 31.5 Å². The Balaban J connectivity index is 0.00000120. The first-order chi connectivity index (χ1) is 8.42. The Morgan fingerprint density at radius 3 is 2.89 bits per heavy atom. The Morgan fingerprint density at radius 1 is 1.28 bits per heavy atom. The highest BCUT2D eigenvalue weighted by molar-refractivity contribution is 7.99. The van der Waals surface area contributed by atoms with E-state index in [1.807, 2.05) is 30.5 Å². The van der Waals surface area contributed by atoms with Crippen molar-refractivity contribution in [2.45, 2.75) is 23.9 Å². The summed E-state index contributed by atoms with van der Waals surface area (Å²) in [6.45, 7) is 1.16. The third-order valence-corrected chi connectivity index (χ3v) is 4.08. The van der Waals surface area contributed by atoms with Gasteiger partial charge in [0.05, 0.1) is 17.2 Å². The first-order valence-corrected chi connectivity index (χ1v) is 6.98. The molecule has 1 aromatic heterocycles. The van der Waals surface area contributed by atoms with E-state index in [0.717, 1.165) is 28.4 Å². The largest absolute Gasteiger partial charge is 0.313 e. The Kier molecular flexibility index (Phi) is 4.80. The molecule has 0 radical (unpaired) electrons. The van der Waals surface area contributed by atoms with Crippen molar-refractivity contribution in [3.8, 4) is 0 Å². The molecular weight excluding hydrogens is 266 g/mol. The van der Waals surface area contributed by atoms with E-state index >= 15 is 0 Å². The zero-order valence-corrected chi connectivity index (χ0v) is 11.6. The van der Waals surface area contributed by atoms with Crippen molar-refractivity contribution in [2.24, 2.45) is 0 Å². The SMILES string of the molecule is Cl.c1ccc2nc(SCC3CCCN3)cnc2c1. The van der Waals surface area contributed by atoms with Gasteiger partial charge in [0.15, 0.2) is 0 Å². The highest BCUT2D eigenvalue weighted by atomic mass is 35.5. The van der Waals surface area contributed by atoms with Crippen molar-refractivity contribution < 1.29 is 0 Å². The molecule has 1 aromatic carbocycles. The van der Waals surface area contributed by atoms with E-state index in [0.29, 0.717) is 6.04 Å². The van der Waals surface area contributed by atoms with Gasteiger partial charge in [0.25, 0.3) is 0 Å². The maximum Gasteiger partial charge on any atom is 0.115 e. The number of halogens is 1. The molecule has 0 saturated carbocycles. The maximum absolute atomic E-state index is 4.61. The molecule has 1 saturated heterocycles. The lowest BCUT2D eigenvalue weighted by atomic mass is 10.3. The highest BCUT2D eigenvalue weighted by Gasteiger charge is 2.14. The smallest absolute Gasteiger partial charge is 0.115 e. The monoisotopic (exact) mass is 281 g/mol. The van der Waals surface area contributed by atoms with Gasteiger partial charge >= 0.3 is 0 Å². The summed E-state index contributed by atoms with van der Waals surface area (Å²) < 4.78 is 0. The number of rotatable bonds is 3. The molecule has 0 spiro atoms. The lowest BCUT2D eigenvalue weighted by Gasteiger charge is -2.08. The van der Waals surface area contributed by atoms with Crippen LogP contribution in [0.5, 0.6) is 0 Å². The Labute approximate surface area is 117 Å². The predicted molar refractivity (Wildman–Crippen MR) is 78.5 cm³/mol. The average molecular weight is 282 g/mol. The van der Waals surface area contributed by atoms with Gasteiger partial charge in [-0.25, -0.2) is 4.98 Å². The number of fused-ring (bicyclic) bond motifs is 1. The predicted octanol–water partition coefficient (Wildman–Crippen LogP) is 2.90. The highest BCUT2D eigenvalue weighted by Crippen LogP contribution is 2.20. The van der Waals surface area contributed by atoms with E-state index in [1.54, 1.807) is 11.8 Å². The number of para-hydroxylation sites is 2. The molecule has 1 unspecified atom stereocenters. The van der Waals surface area contributed by atoms with Gasteiger partial charge in [-0.15, -0.1) is 24.2 Å². The van der Waals surface area contributed by atoms with E-state index in [2.05, 4.69) is 15.3 Å². The second kappa shape index (κ2) is 6.36. The minimum Gasteiger partial charge on any atom is -0.313 e. The van der Waals surface area contributed by atoms with Crippen LogP contribution in [-0.2, 0) is 0 Å². The molecule has 96 valence electrons. The Morgan fingerprint density at radius 2 is 2.11 bits per heavy atom. The number of nitrogens with zero attached hydrogens (tertiary/aromatic N) is 2. The summed E-state index contributed by atoms with van der Waals surface area (Å²) in [6.07, 6.45) is 4.46. The zero-order chi connectivity index (χ0) is 11.5. The summed E-state index contributed by atoms with van der Waals surface area (Å²) in [5, 5.41) is 4.52. The van der Waals surface area contributed by atoms with Crippen LogP contribution < -0.4 is 5.32 Å². The Bertz CT molecular complexity index is 514. The molecule has 0 aliphatic carbocycles. The molecule has 2 heterocycles. The van der Waals surface area contributed by atoms with Crippen molar-refractivity contribution in [3.05, 3.63) is 30.5 Å². The molecule has 1 N–H and O–H groups in total. The molecular formula is C13H16ClN3S. The van der Waals surface area contributed by atoms with Crippen LogP contribution in [0, 0.1) is 0 Å². The van der Waals surface area contributed by atoms with Crippen molar-refractivity contribution in [1.29, 1.82) is 0 Å². The normalized spacial score (nSPS) is 18.8. The van der Waals surface area contributed by atoms with Crippen LogP contribution in [0.1, 0.15) is 12.8 Å². The van der Waals surface area contributed by atoms with Crippen LogP contribution in [0.2, 0.25) is 0 Å². The van der Waals surface area contributed by atoms with Gasteiger partial charge in [-0.3, -0.25) is 4.98 Å². The third kappa shape index (κ3) is 3.13. The van der Waals surface area contributed by atoms with Gasteiger partial charge in [0.2, 0.25) is 0 Å². The van der Waals surface area contributed by atoms with Crippen LogP contribution in [-0.4, -0.2) is 28.3 Å². The Hall–Kier alpha value is -0.840. The number of nitrogens with one attached hydrogen (secondary N) is 1. The second-order valence-electron chi connectivity index (χ2n) is 4.30. The second-order valence-corrected chi connectivity index (χ2v) is 5.34. The molecule has 3 rings (SSSR count). The minimum atomic E-state index is 0. The first-order valence-electron chi connectivity index (χ1n) is 6.00. The molecule has 1 aliphatic rings. The van der Waals surface area contributed by atoms with Gasteiger partial charge in [0, 0.05) is 11.8 Å². The molecule has 3 nitrogen and oxygen atoms in total. The molecule has 1 atom stereocenters. The summed E-state index contributed by atoms with van der Waals surface area (Å²) in [6, 6.07) is 8.65. The summed E-state index contributed by atoms with van der Waals surface area (Å²) in [5.41, 5.74) is 1.95. The summed E-state index contributed by atoms with van der Waals surface area (Å²) in [7, 11) is 0. The summed E-state index contributed by atoms with van der Waals surface area (Å²) in [5.74, 6) is 1.09. The van der Waals surface area contributed by atoms with E-state index < -0.39 is 0 Å². The molecule has 18 heavy (non-hydrogen) atoms. The fourth-order valence-electron chi connectivity index (χ4n) is 2.09. The van der Waals surface area contributed by atoms with Crippen LogP contribution in [0.15, 0.2) is 35.5 Å². The minimum absolute atomic E-state index is 0. The first kappa shape index (κ1) is 13.6. The average Bonchev–Trinajstić information content (AvgIpc) is 2.89. The van der Waals surface area contributed by atoms with Crippen molar-refractivity contribution in [2.75, 3.05) is 12.3 Å². The standard InChI is InChI=1S/C13H15N3S.ClH/c1-2-6-12-11(5-1)15-8-13(16-12)17-9-10-4-3-7-14-10;/h1-2,5-6,8,10,14H,3-4,7,9H2;1H. The van der Waals surface area contributed by atoms with Gasteiger partial charge in [-0.2, -0.15) is 0 Å². The maximum atomic E-state index is 4.61. The van der Waals surface area contributed by atoms with Crippen molar-refractivity contribution in [3.63, 3.8) is 0 Å². The molecule has 0 amide bonds. The van der Waals surface area contributed by atoms with Crippen LogP contribution >= 0.6 is 24.2 Å². The number of hydrogen-bond acceptors (Lipinski definition) is 4. The number of benzene rings is 1. The van der Waals surface area contributed by atoms with Crippen LogP contribution in [0.25, 0.3) is 11.0 Å². The van der Waals surface area contributed by atoms with E-state index in [-0.39, 0.29) is 12.4 Å². The number of hydrogen-bond donors (Lipinski definition) is 1. The van der Waals surface area contributed by atoms with Crippen molar-refractivity contribution >= 4 is 35.2 Å². The lowest BCUT2D eigenvalue weighted by molar-refractivity contribution is 0.673. The molecule has 0 bridgehead atoms. The quantitative estimate of drug-likeness (QED) is 0.878. The zero-order valence-electron chi connectivity index (χ0n) is 10.0. The molecule has 5 heteroatoms. The van der Waals surface area contributed by atoms with Gasteiger partial charge in [-0.1, -0.05) is 12.1 Å². The van der Waals surface area contributed by atoms with Crippen LogP contribution in [0.4, 0.5) is 0 Å². The van der Waals surface area contributed by atoms with Crippen molar-refractivity contribution in [1.82, 2.24) is 15.3 Å². The summed E-state index contributed by atoms with van der Waals surface area (Å²) >= 11 is 1.80. The fraction of sp³-hybridized carbons (Fsp3) is 0.385. The number of aromatic nitrogens is 2. The van der Waals surface area contributed by atoms with E-state index in [4.69, 9.17) is 0 Å².